The van der Waals surface area contributed by atoms with Crippen LogP contribution in [-0.4, -0.2) is 45.7 Å². The van der Waals surface area contributed by atoms with Gasteiger partial charge in [-0.05, 0) is 0 Å². The van der Waals surface area contributed by atoms with Gasteiger partial charge >= 0.3 is 6.18 Å². The average molecular weight is 255 g/mol. The highest BCUT2D eigenvalue weighted by Gasteiger charge is 2.38. The zero-order chi connectivity index (χ0) is 11.9. The zero-order valence-electron chi connectivity index (χ0n) is 7.85. The summed E-state index contributed by atoms with van der Waals surface area (Å²) in [4.78, 5) is 1.38. The van der Waals surface area contributed by atoms with Crippen LogP contribution in [0.3, 0.4) is 0 Å². The van der Waals surface area contributed by atoms with Crippen LogP contribution in [0.1, 0.15) is 5.01 Å². The predicted octanol–water partition coefficient (Wildman–Crippen LogP) is 0.0987. The molecule has 0 amide bonds. The summed E-state index contributed by atoms with van der Waals surface area (Å²) in [6.07, 6.45) is -6.43. The summed E-state index contributed by atoms with van der Waals surface area (Å²) in [5, 5.41) is 23.9. The number of aliphatic hydroxyl groups excluding tert-OH is 2. The Kier molecular flexibility index (Phi) is 2.76. The van der Waals surface area contributed by atoms with Crippen LogP contribution in [0, 0.1) is 0 Å². The van der Waals surface area contributed by atoms with E-state index in [1.807, 2.05) is 0 Å². The van der Waals surface area contributed by atoms with Crippen molar-refractivity contribution in [2.45, 2.75) is 18.4 Å². The number of β-amino-alcohol motifs (C(OH)–C–C–N with tert-alkyl or cyclic N) is 2. The topological polar surface area (TPSA) is 69.5 Å². The van der Waals surface area contributed by atoms with Crippen molar-refractivity contribution < 1.29 is 23.4 Å². The summed E-state index contributed by atoms with van der Waals surface area (Å²) in [6, 6.07) is 0. The van der Waals surface area contributed by atoms with Crippen LogP contribution >= 0.6 is 11.3 Å². The van der Waals surface area contributed by atoms with E-state index in [2.05, 4.69) is 10.2 Å². The highest BCUT2D eigenvalue weighted by Crippen LogP contribution is 2.35. The maximum Gasteiger partial charge on any atom is 0.445 e. The Morgan fingerprint density at radius 1 is 1.19 bits per heavy atom. The Morgan fingerprint density at radius 2 is 1.75 bits per heavy atom. The predicted molar refractivity (Wildman–Crippen MR) is 49.1 cm³/mol. The molecule has 1 aliphatic rings. The molecule has 1 aromatic rings. The monoisotopic (exact) mass is 255 g/mol. The Labute approximate surface area is 92.1 Å². The van der Waals surface area contributed by atoms with Crippen LogP contribution in [0.15, 0.2) is 0 Å². The summed E-state index contributed by atoms with van der Waals surface area (Å²) < 4.78 is 36.7. The minimum atomic E-state index is -4.51. The van der Waals surface area contributed by atoms with Gasteiger partial charge in [-0.2, -0.15) is 13.2 Å². The summed E-state index contributed by atoms with van der Waals surface area (Å²) in [5.74, 6) is 0. The number of hydrogen-bond donors (Lipinski definition) is 2. The van der Waals surface area contributed by atoms with Crippen LogP contribution in [0.2, 0.25) is 0 Å². The van der Waals surface area contributed by atoms with Crippen molar-refractivity contribution >= 4 is 16.5 Å². The van der Waals surface area contributed by atoms with Crippen LogP contribution in [0.5, 0.6) is 0 Å². The second-order valence-corrected chi connectivity index (χ2v) is 4.38. The lowest BCUT2D eigenvalue weighted by molar-refractivity contribution is -0.138. The van der Waals surface area contributed by atoms with Crippen LogP contribution in [0.4, 0.5) is 18.3 Å². The molecule has 1 fully saturated rings. The van der Waals surface area contributed by atoms with E-state index in [-0.39, 0.29) is 18.2 Å². The Morgan fingerprint density at radius 3 is 2.19 bits per heavy atom. The summed E-state index contributed by atoms with van der Waals surface area (Å²) in [5.41, 5.74) is 0. The average Bonchev–Trinajstić information content (AvgIpc) is 2.73. The molecule has 16 heavy (non-hydrogen) atoms. The minimum Gasteiger partial charge on any atom is -0.389 e. The molecule has 1 aromatic heterocycles. The van der Waals surface area contributed by atoms with Gasteiger partial charge < -0.3 is 15.1 Å². The number of halogens is 3. The van der Waals surface area contributed by atoms with Gasteiger partial charge in [0.25, 0.3) is 0 Å². The lowest BCUT2D eigenvalue weighted by Crippen LogP contribution is -2.22. The second-order valence-electron chi connectivity index (χ2n) is 3.43. The lowest BCUT2D eigenvalue weighted by atomic mass is 10.3. The normalized spacial score (nSPS) is 26.4. The number of anilines is 1. The third-order valence-electron chi connectivity index (χ3n) is 2.19. The maximum atomic E-state index is 12.2. The van der Waals surface area contributed by atoms with Crippen LogP contribution < -0.4 is 4.90 Å². The number of aromatic nitrogens is 2. The van der Waals surface area contributed by atoms with Crippen molar-refractivity contribution in [3.05, 3.63) is 5.01 Å². The van der Waals surface area contributed by atoms with E-state index >= 15 is 0 Å². The molecule has 9 heteroatoms. The molecule has 5 nitrogen and oxygen atoms in total. The summed E-state index contributed by atoms with van der Waals surface area (Å²) in [6.45, 7) is 0.126. The molecule has 1 aliphatic heterocycles. The first kappa shape index (κ1) is 11.6. The van der Waals surface area contributed by atoms with Gasteiger partial charge in [-0.3, -0.25) is 0 Å². The summed E-state index contributed by atoms with van der Waals surface area (Å²) >= 11 is 0.398. The van der Waals surface area contributed by atoms with Crippen molar-refractivity contribution in [2.24, 2.45) is 0 Å². The number of rotatable bonds is 1. The molecule has 0 radical (unpaired) electrons. The third-order valence-corrected chi connectivity index (χ3v) is 3.22. The molecule has 0 saturated carbocycles. The molecule has 90 valence electrons. The largest absolute Gasteiger partial charge is 0.445 e. The Bertz CT molecular complexity index is 373. The molecule has 0 aliphatic carbocycles. The van der Waals surface area contributed by atoms with E-state index in [1.54, 1.807) is 0 Å². The molecule has 2 atom stereocenters. The molecule has 1 saturated heterocycles. The number of nitrogens with zero attached hydrogens (tertiary/aromatic N) is 3. The second kappa shape index (κ2) is 3.82. The molecule has 2 N–H and O–H groups in total. The number of hydrogen-bond acceptors (Lipinski definition) is 6. The first-order valence-electron chi connectivity index (χ1n) is 4.39. The van der Waals surface area contributed by atoms with Crippen LogP contribution in [0.25, 0.3) is 0 Å². The fourth-order valence-electron chi connectivity index (χ4n) is 1.38. The first-order valence-corrected chi connectivity index (χ1v) is 5.21. The molecular formula is C7H8F3N3O2S. The third kappa shape index (κ3) is 2.11. The van der Waals surface area contributed by atoms with Crippen molar-refractivity contribution in [3.63, 3.8) is 0 Å². The quantitative estimate of drug-likeness (QED) is 0.744. The molecule has 0 aromatic carbocycles. The molecule has 2 heterocycles. The van der Waals surface area contributed by atoms with Gasteiger partial charge in [0.15, 0.2) is 0 Å². The van der Waals surface area contributed by atoms with E-state index < -0.39 is 23.4 Å². The first-order chi connectivity index (χ1) is 7.38. The number of alkyl halides is 3. The SMILES string of the molecule is OC1CN(c2nnc(C(F)(F)F)s2)CC1O. The fourth-order valence-corrected chi connectivity index (χ4v) is 2.11. The van der Waals surface area contributed by atoms with Gasteiger partial charge in [0, 0.05) is 13.1 Å². The molecular weight excluding hydrogens is 247 g/mol. The van der Waals surface area contributed by atoms with Crippen molar-refractivity contribution in [2.75, 3.05) is 18.0 Å². The van der Waals surface area contributed by atoms with Crippen LogP contribution in [-0.2, 0) is 6.18 Å². The molecule has 0 bridgehead atoms. The van der Waals surface area contributed by atoms with Crippen molar-refractivity contribution in [1.29, 1.82) is 0 Å². The standard InChI is InChI=1S/C7H8F3N3O2S/c8-7(9,10)5-11-12-6(16-5)13-1-3(14)4(15)2-13/h3-4,14-15H,1-2H2. The molecule has 2 rings (SSSR count). The fraction of sp³-hybridized carbons (Fsp3) is 0.714. The van der Waals surface area contributed by atoms with E-state index in [9.17, 15) is 23.4 Å². The van der Waals surface area contributed by atoms with E-state index in [1.165, 1.54) is 4.90 Å². The highest BCUT2D eigenvalue weighted by atomic mass is 32.1. The summed E-state index contributed by atoms with van der Waals surface area (Å²) in [7, 11) is 0. The van der Waals surface area contributed by atoms with Crippen molar-refractivity contribution in [1.82, 2.24) is 10.2 Å². The van der Waals surface area contributed by atoms with Crippen molar-refractivity contribution in [3.8, 4) is 0 Å². The van der Waals surface area contributed by atoms with Gasteiger partial charge in [0.05, 0.1) is 12.2 Å². The smallest absolute Gasteiger partial charge is 0.389 e. The Hall–Kier alpha value is -0.930. The van der Waals surface area contributed by atoms with Gasteiger partial charge in [-0.1, -0.05) is 11.3 Å². The van der Waals surface area contributed by atoms with E-state index in [0.717, 1.165) is 0 Å². The maximum absolute atomic E-state index is 12.2. The van der Waals surface area contributed by atoms with Gasteiger partial charge in [0.1, 0.15) is 0 Å². The van der Waals surface area contributed by atoms with Gasteiger partial charge in [-0.25, -0.2) is 0 Å². The van der Waals surface area contributed by atoms with E-state index in [0.29, 0.717) is 11.3 Å². The number of aliphatic hydroxyl groups is 2. The Balaban J connectivity index is 2.14. The molecule has 0 spiro atoms. The van der Waals surface area contributed by atoms with Gasteiger partial charge in [0.2, 0.25) is 10.1 Å². The minimum absolute atomic E-state index is 0.0583. The van der Waals surface area contributed by atoms with Gasteiger partial charge in [-0.15, -0.1) is 10.2 Å². The zero-order valence-corrected chi connectivity index (χ0v) is 8.66. The van der Waals surface area contributed by atoms with E-state index in [4.69, 9.17) is 0 Å². The molecule has 2 unspecified atom stereocenters. The lowest BCUT2D eigenvalue weighted by Gasteiger charge is -2.11. The highest BCUT2D eigenvalue weighted by molar-refractivity contribution is 7.15.